The minimum Gasteiger partial charge on any atom is -0.382 e. The van der Waals surface area contributed by atoms with Gasteiger partial charge in [0.15, 0.2) is 0 Å². The second-order valence-electron chi connectivity index (χ2n) is 3.07. The molecule has 1 heterocycles. The quantitative estimate of drug-likeness (QED) is 0.448. The molecule has 0 aliphatic carbocycles. The average molecular weight is 164 g/mol. The lowest BCUT2D eigenvalue weighted by atomic mass is 9.89. The van der Waals surface area contributed by atoms with Crippen molar-refractivity contribution >= 4 is 7.85 Å². The van der Waals surface area contributed by atoms with E-state index in [0.717, 1.165) is 12.8 Å². The third kappa shape index (κ3) is 2.26. The summed E-state index contributed by atoms with van der Waals surface area (Å²) in [7, 11) is 7.28. The summed E-state index contributed by atoms with van der Waals surface area (Å²) < 4.78 is 10.4. The Morgan fingerprint density at radius 3 is 3.08 bits per heavy atom. The van der Waals surface area contributed by atoms with E-state index >= 15 is 0 Å². The number of rotatable bonds is 3. The van der Waals surface area contributed by atoms with Gasteiger partial charge < -0.3 is 9.47 Å². The van der Waals surface area contributed by atoms with Crippen molar-refractivity contribution in [1.29, 1.82) is 0 Å². The van der Waals surface area contributed by atoms with Gasteiger partial charge in [0.25, 0.3) is 0 Å². The maximum atomic E-state index is 5.63. The number of hydrogen-bond acceptors (Lipinski definition) is 2. The average Bonchev–Trinajstić information content (AvgIpc) is 2.33. The van der Waals surface area contributed by atoms with Gasteiger partial charge in [-0.15, -0.1) is 12.3 Å². The molecule has 1 saturated heterocycles. The Morgan fingerprint density at radius 1 is 1.75 bits per heavy atom. The molecule has 3 atom stereocenters. The predicted octanol–water partition coefficient (Wildman–Crippen LogP) is 0.556. The normalized spacial score (nSPS) is 34.8. The standard InChI is InChI=1S/C9H13BO2/c1-3-4-7-5-9(10)12-8(7)6-11-2/h1,7-9H,4-6H2,2H3. The van der Waals surface area contributed by atoms with Crippen molar-refractivity contribution in [2.24, 2.45) is 5.92 Å². The van der Waals surface area contributed by atoms with Crippen LogP contribution in [0.4, 0.5) is 0 Å². The number of terminal acetylenes is 1. The van der Waals surface area contributed by atoms with Crippen LogP contribution < -0.4 is 0 Å². The highest BCUT2D eigenvalue weighted by Crippen LogP contribution is 2.27. The molecule has 64 valence electrons. The van der Waals surface area contributed by atoms with Gasteiger partial charge in [-0.1, -0.05) is 0 Å². The lowest BCUT2D eigenvalue weighted by Crippen LogP contribution is -2.21. The molecule has 0 aromatic carbocycles. The topological polar surface area (TPSA) is 18.5 Å². The molecule has 0 amide bonds. The smallest absolute Gasteiger partial charge is 0.109 e. The summed E-state index contributed by atoms with van der Waals surface area (Å²) in [5.74, 6) is 2.99. The van der Waals surface area contributed by atoms with E-state index in [2.05, 4.69) is 5.92 Å². The zero-order valence-electron chi connectivity index (χ0n) is 7.32. The molecule has 1 aliphatic heterocycles. The van der Waals surface area contributed by atoms with E-state index in [1.165, 1.54) is 0 Å². The van der Waals surface area contributed by atoms with Crippen LogP contribution in [-0.2, 0) is 9.47 Å². The monoisotopic (exact) mass is 164 g/mol. The van der Waals surface area contributed by atoms with Crippen molar-refractivity contribution in [1.82, 2.24) is 0 Å². The Balaban J connectivity index is 2.42. The summed E-state index contributed by atoms with van der Waals surface area (Å²) in [6.45, 7) is 0.583. The molecule has 3 unspecified atom stereocenters. The van der Waals surface area contributed by atoms with Crippen LogP contribution in [0.15, 0.2) is 0 Å². The fourth-order valence-electron chi connectivity index (χ4n) is 1.55. The lowest BCUT2D eigenvalue weighted by molar-refractivity contribution is 0.0102. The van der Waals surface area contributed by atoms with Crippen LogP contribution in [0.1, 0.15) is 12.8 Å². The van der Waals surface area contributed by atoms with Crippen molar-refractivity contribution in [3.05, 3.63) is 0 Å². The third-order valence-electron chi connectivity index (χ3n) is 2.12. The van der Waals surface area contributed by atoms with Gasteiger partial charge in [-0.05, 0) is 12.3 Å². The summed E-state index contributed by atoms with van der Waals surface area (Å²) in [5, 5.41) is 0. The molecule has 0 saturated carbocycles. The maximum Gasteiger partial charge on any atom is 0.109 e. The Kier molecular flexibility index (Phi) is 3.64. The van der Waals surface area contributed by atoms with Crippen LogP contribution in [0.5, 0.6) is 0 Å². The highest BCUT2D eigenvalue weighted by molar-refractivity contribution is 6.11. The predicted molar refractivity (Wildman–Crippen MR) is 47.8 cm³/mol. The van der Waals surface area contributed by atoms with Gasteiger partial charge in [-0.2, -0.15) is 0 Å². The Labute approximate surface area is 75.0 Å². The molecule has 0 aromatic rings. The molecule has 12 heavy (non-hydrogen) atoms. The number of methoxy groups -OCH3 is 1. The molecular weight excluding hydrogens is 151 g/mol. The van der Waals surface area contributed by atoms with Crippen molar-refractivity contribution in [2.45, 2.75) is 24.9 Å². The van der Waals surface area contributed by atoms with Gasteiger partial charge in [-0.3, -0.25) is 0 Å². The number of ether oxygens (including phenoxy) is 2. The van der Waals surface area contributed by atoms with Crippen molar-refractivity contribution in [3.8, 4) is 12.3 Å². The highest BCUT2D eigenvalue weighted by Gasteiger charge is 2.31. The first-order chi connectivity index (χ1) is 5.77. The molecule has 3 heteroatoms. The van der Waals surface area contributed by atoms with Crippen LogP contribution in [-0.4, -0.2) is 33.7 Å². The summed E-state index contributed by atoms with van der Waals surface area (Å²) in [6.07, 6.45) is 6.88. The molecule has 2 radical (unpaired) electrons. The minimum atomic E-state index is -0.163. The fourth-order valence-corrected chi connectivity index (χ4v) is 1.55. The van der Waals surface area contributed by atoms with Crippen LogP contribution in [0.2, 0.25) is 0 Å². The first kappa shape index (κ1) is 9.63. The van der Waals surface area contributed by atoms with Crippen molar-refractivity contribution in [2.75, 3.05) is 13.7 Å². The first-order valence-electron chi connectivity index (χ1n) is 4.11. The van der Waals surface area contributed by atoms with Gasteiger partial charge in [0.05, 0.1) is 12.7 Å². The van der Waals surface area contributed by atoms with E-state index in [4.69, 9.17) is 23.7 Å². The van der Waals surface area contributed by atoms with Crippen molar-refractivity contribution in [3.63, 3.8) is 0 Å². The van der Waals surface area contributed by atoms with Crippen LogP contribution in [0, 0.1) is 18.3 Å². The second kappa shape index (κ2) is 4.54. The van der Waals surface area contributed by atoms with Crippen LogP contribution in [0.3, 0.4) is 0 Å². The van der Waals surface area contributed by atoms with Crippen LogP contribution in [0.25, 0.3) is 0 Å². The molecule has 1 fully saturated rings. The van der Waals surface area contributed by atoms with Crippen LogP contribution >= 0.6 is 0 Å². The summed E-state index contributed by atoms with van der Waals surface area (Å²) >= 11 is 0. The highest BCUT2D eigenvalue weighted by atomic mass is 16.5. The van der Waals surface area contributed by atoms with Gasteiger partial charge >= 0.3 is 0 Å². The maximum absolute atomic E-state index is 5.63. The van der Waals surface area contributed by atoms with Gasteiger partial charge in [0.2, 0.25) is 0 Å². The zero-order valence-corrected chi connectivity index (χ0v) is 7.32. The fraction of sp³-hybridized carbons (Fsp3) is 0.778. The summed E-state index contributed by atoms with van der Waals surface area (Å²) in [4.78, 5) is 0. The van der Waals surface area contributed by atoms with E-state index in [1.54, 1.807) is 7.11 Å². The van der Waals surface area contributed by atoms with E-state index in [0.29, 0.717) is 12.5 Å². The molecule has 0 aromatic heterocycles. The Bertz CT molecular complexity index is 176. The Morgan fingerprint density at radius 2 is 2.50 bits per heavy atom. The van der Waals surface area contributed by atoms with E-state index in [1.807, 2.05) is 0 Å². The number of hydrogen-bond donors (Lipinski definition) is 0. The molecule has 1 aliphatic rings. The first-order valence-corrected chi connectivity index (χ1v) is 4.11. The summed E-state index contributed by atoms with van der Waals surface area (Å²) in [6, 6.07) is -0.163. The zero-order chi connectivity index (χ0) is 8.97. The minimum absolute atomic E-state index is 0.0843. The molecule has 2 nitrogen and oxygen atoms in total. The Hall–Kier alpha value is -0.455. The molecule has 1 rings (SSSR count). The second-order valence-corrected chi connectivity index (χ2v) is 3.07. The van der Waals surface area contributed by atoms with Gasteiger partial charge in [0, 0.05) is 19.5 Å². The molecule has 0 bridgehead atoms. The lowest BCUT2D eigenvalue weighted by Gasteiger charge is -2.15. The van der Waals surface area contributed by atoms with E-state index < -0.39 is 0 Å². The summed E-state index contributed by atoms with van der Waals surface area (Å²) in [5.41, 5.74) is 0. The molecule has 0 N–H and O–H groups in total. The van der Waals surface area contributed by atoms with E-state index in [-0.39, 0.29) is 12.1 Å². The molecular formula is C9H13BO2. The van der Waals surface area contributed by atoms with Crippen molar-refractivity contribution < 1.29 is 9.47 Å². The van der Waals surface area contributed by atoms with Gasteiger partial charge in [-0.25, -0.2) is 0 Å². The van der Waals surface area contributed by atoms with Gasteiger partial charge in [0.1, 0.15) is 7.85 Å². The SMILES string of the molecule is [B]C1CC(CC#C)C(COC)O1. The largest absolute Gasteiger partial charge is 0.382 e. The third-order valence-corrected chi connectivity index (χ3v) is 2.12. The molecule has 0 spiro atoms. The van der Waals surface area contributed by atoms with E-state index in [9.17, 15) is 0 Å².